The van der Waals surface area contributed by atoms with Gasteiger partial charge in [-0.2, -0.15) is 5.10 Å². The van der Waals surface area contributed by atoms with Crippen molar-refractivity contribution in [2.24, 2.45) is 22.9 Å². The van der Waals surface area contributed by atoms with E-state index in [0.717, 1.165) is 18.6 Å². The molecule has 0 saturated heterocycles. The van der Waals surface area contributed by atoms with E-state index >= 15 is 0 Å². The summed E-state index contributed by atoms with van der Waals surface area (Å²) in [5, 5.41) is 4.29. The van der Waals surface area contributed by atoms with Crippen molar-refractivity contribution in [2.75, 3.05) is 6.54 Å². The molecule has 1 amide bonds. The second-order valence-corrected chi connectivity index (χ2v) is 8.78. The summed E-state index contributed by atoms with van der Waals surface area (Å²) in [7, 11) is -3.69. The van der Waals surface area contributed by atoms with Gasteiger partial charge in [0.2, 0.25) is 10.0 Å². The molecule has 1 fully saturated rings. The molecule has 138 valence electrons. The predicted octanol–water partition coefficient (Wildman–Crippen LogP) is 2.53. The van der Waals surface area contributed by atoms with Crippen LogP contribution >= 0.6 is 0 Å². The Morgan fingerprint density at radius 2 is 1.92 bits per heavy atom. The second kappa shape index (κ2) is 8.58. The highest BCUT2D eigenvalue weighted by Crippen LogP contribution is 2.31. The Kier molecular flexibility index (Phi) is 6.72. The van der Waals surface area contributed by atoms with E-state index in [4.69, 9.17) is 0 Å². The largest absolute Gasteiger partial charge is 0.272 e. The SMILES string of the molecule is CC(C)[C@@H]1CC[C@@H](C)C/C1=N/NC(=O)CNS(=O)(=O)c1ccccc1. The van der Waals surface area contributed by atoms with Crippen molar-refractivity contribution in [3.05, 3.63) is 30.3 Å². The minimum atomic E-state index is -3.69. The Hall–Kier alpha value is -1.73. The Bertz CT molecular complexity index is 714. The van der Waals surface area contributed by atoms with Crippen LogP contribution in [0.2, 0.25) is 0 Å². The Morgan fingerprint density at radius 1 is 1.24 bits per heavy atom. The lowest BCUT2D eigenvalue weighted by atomic mass is 9.76. The highest BCUT2D eigenvalue weighted by molar-refractivity contribution is 7.89. The fourth-order valence-corrected chi connectivity index (χ4v) is 4.11. The topological polar surface area (TPSA) is 87.6 Å². The van der Waals surface area contributed by atoms with Gasteiger partial charge in [0.05, 0.1) is 11.4 Å². The second-order valence-electron chi connectivity index (χ2n) is 7.01. The number of amides is 1. The minimum absolute atomic E-state index is 0.134. The molecule has 0 heterocycles. The van der Waals surface area contributed by atoms with Gasteiger partial charge >= 0.3 is 0 Å². The lowest BCUT2D eigenvalue weighted by Crippen LogP contribution is -2.36. The molecule has 25 heavy (non-hydrogen) atoms. The first-order chi connectivity index (χ1) is 11.8. The number of nitrogens with zero attached hydrogens (tertiary/aromatic N) is 1. The zero-order chi connectivity index (χ0) is 18.4. The van der Waals surface area contributed by atoms with E-state index in [1.165, 1.54) is 18.6 Å². The third kappa shape index (κ3) is 5.64. The lowest BCUT2D eigenvalue weighted by Gasteiger charge is -2.30. The van der Waals surface area contributed by atoms with Crippen LogP contribution in [0, 0.1) is 17.8 Å². The normalized spacial score (nSPS) is 23.0. The van der Waals surface area contributed by atoms with Gasteiger partial charge in [-0.05, 0) is 43.2 Å². The van der Waals surface area contributed by atoms with Crippen LogP contribution in [-0.4, -0.2) is 26.6 Å². The average molecular weight is 365 g/mol. The summed E-state index contributed by atoms with van der Waals surface area (Å²) in [4.78, 5) is 12.1. The van der Waals surface area contributed by atoms with Crippen molar-refractivity contribution >= 4 is 21.6 Å². The predicted molar refractivity (Wildman–Crippen MR) is 98.6 cm³/mol. The van der Waals surface area contributed by atoms with Gasteiger partial charge < -0.3 is 0 Å². The number of nitrogens with one attached hydrogen (secondary N) is 2. The summed E-state index contributed by atoms with van der Waals surface area (Å²) in [6.45, 7) is 6.16. The molecular weight excluding hydrogens is 338 g/mol. The molecule has 0 spiro atoms. The van der Waals surface area contributed by atoms with Crippen LogP contribution in [0.4, 0.5) is 0 Å². The molecule has 0 radical (unpaired) electrons. The van der Waals surface area contributed by atoms with Crippen molar-refractivity contribution in [3.8, 4) is 0 Å². The van der Waals surface area contributed by atoms with Crippen LogP contribution < -0.4 is 10.1 Å². The maximum atomic E-state index is 12.1. The number of carbonyl (C=O) groups is 1. The van der Waals surface area contributed by atoms with Crippen molar-refractivity contribution < 1.29 is 13.2 Å². The van der Waals surface area contributed by atoms with Gasteiger partial charge in [0.15, 0.2) is 0 Å². The highest BCUT2D eigenvalue weighted by atomic mass is 32.2. The van der Waals surface area contributed by atoms with Gasteiger partial charge in [0, 0.05) is 11.6 Å². The standard InChI is InChI=1S/C18H27N3O3S/c1-13(2)16-10-9-14(3)11-17(16)20-21-18(22)12-19-25(23,24)15-7-5-4-6-8-15/h4-8,13-14,16,19H,9-12H2,1-3H3,(H,21,22)/b20-17-/t14-,16+/m1/s1. The van der Waals surface area contributed by atoms with Gasteiger partial charge in [-0.1, -0.05) is 39.0 Å². The maximum Gasteiger partial charge on any atom is 0.255 e. The molecule has 0 unspecified atom stereocenters. The van der Waals surface area contributed by atoms with Crippen LogP contribution in [0.1, 0.15) is 40.0 Å². The zero-order valence-electron chi connectivity index (χ0n) is 15.0. The first-order valence-corrected chi connectivity index (χ1v) is 10.2. The zero-order valence-corrected chi connectivity index (χ0v) is 15.8. The Morgan fingerprint density at radius 3 is 2.56 bits per heavy atom. The van der Waals surface area contributed by atoms with Crippen molar-refractivity contribution in [1.29, 1.82) is 0 Å². The molecule has 1 saturated carbocycles. The van der Waals surface area contributed by atoms with Gasteiger partial charge in [-0.15, -0.1) is 0 Å². The van der Waals surface area contributed by atoms with Crippen molar-refractivity contribution in [1.82, 2.24) is 10.1 Å². The number of hydrogen-bond acceptors (Lipinski definition) is 4. The number of hydrogen-bond donors (Lipinski definition) is 2. The molecule has 0 aromatic heterocycles. The van der Waals surface area contributed by atoms with Crippen molar-refractivity contribution in [2.45, 2.75) is 44.9 Å². The molecule has 1 aliphatic rings. The highest BCUT2D eigenvalue weighted by Gasteiger charge is 2.27. The Balaban J connectivity index is 1.93. The molecule has 1 aromatic rings. The molecule has 1 aliphatic carbocycles. The van der Waals surface area contributed by atoms with E-state index in [2.05, 4.69) is 36.0 Å². The first kappa shape index (κ1) is 19.6. The molecular formula is C18H27N3O3S. The van der Waals surface area contributed by atoms with Crippen LogP contribution in [0.5, 0.6) is 0 Å². The molecule has 2 atom stereocenters. The fraction of sp³-hybridized carbons (Fsp3) is 0.556. The summed E-state index contributed by atoms with van der Waals surface area (Å²) < 4.78 is 26.5. The molecule has 7 heteroatoms. The molecule has 1 aromatic carbocycles. The Labute approximate surface area is 150 Å². The van der Waals surface area contributed by atoms with E-state index in [9.17, 15) is 13.2 Å². The van der Waals surface area contributed by atoms with Crippen LogP contribution in [-0.2, 0) is 14.8 Å². The van der Waals surface area contributed by atoms with Gasteiger partial charge in [0.1, 0.15) is 0 Å². The van der Waals surface area contributed by atoms with Crippen molar-refractivity contribution in [3.63, 3.8) is 0 Å². The monoisotopic (exact) mass is 365 g/mol. The van der Waals surface area contributed by atoms with E-state index in [1.54, 1.807) is 18.2 Å². The third-order valence-electron chi connectivity index (χ3n) is 4.56. The number of carbonyl (C=O) groups excluding carboxylic acids is 1. The third-order valence-corrected chi connectivity index (χ3v) is 5.98. The summed E-state index contributed by atoms with van der Waals surface area (Å²) in [5.74, 6) is 0.937. The number of benzene rings is 1. The smallest absolute Gasteiger partial charge is 0.255 e. The van der Waals surface area contributed by atoms with E-state index in [0.29, 0.717) is 17.8 Å². The summed E-state index contributed by atoms with van der Waals surface area (Å²) in [5.41, 5.74) is 3.51. The van der Waals surface area contributed by atoms with Gasteiger partial charge in [0.25, 0.3) is 5.91 Å². The quantitative estimate of drug-likeness (QED) is 0.759. The summed E-state index contributed by atoms with van der Waals surface area (Å²) in [6, 6.07) is 7.97. The molecule has 2 N–H and O–H groups in total. The number of rotatable bonds is 6. The van der Waals surface area contributed by atoms with Crippen LogP contribution in [0.15, 0.2) is 40.3 Å². The van der Waals surface area contributed by atoms with E-state index < -0.39 is 15.9 Å². The fourth-order valence-electron chi connectivity index (χ4n) is 3.11. The van der Waals surface area contributed by atoms with E-state index in [1.807, 2.05) is 0 Å². The van der Waals surface area contributed by atoms with Crippen LogP contribution in [0.25, 0.3) is 0 Å². The summed E-state index contributed by atoms with van der Waals surface area (Å²) in [6.07, 6.45) is 3.12. The number of hydrazone groups is 1. The molecule has 6 nitrogen and oxygen atoms in total. The van der Waals surface area contributed by atoms with Crippen LogP contribution in [0.3, 0.4) is 0 Å². The lowest BCUT2D eigenvalue weighted by molar-refractivity contribution is -0.119. The van der Waals surface area contributed by atoms with Gasteiger partial charge in [-0.3, -0.25) is 4.79 Å². The average Bonchev–Trinajstić information content (AvgIpc) is 2.59. The van der Waals surface area contributed by atoms with Gasteiger partial charge in [-0.25, -0.2) is 18.6 Å². The summed E-state index contributed by atoms with van der Waals surface area (Å²) >= 11 is 0. The number of sulfonamides is 1. The first-order valence-electron chi connectivity index (χ1n) is 8.69. The molecule has 0 aliphatic heterocycles. The molecule has 0 bridgehead atoms. The minimum Gasteiger partial charge on any atom is -0.272 e. The maximum absolute atomic E-state index is 12.1. The molecule has 2 rings (SSSR count). The van der Waals surface area contributed by atoms with E-state index in [-0.39, 0.29) is 11.4 Å².